The van der Waals surface area contributed by atoms with E-state index in [0.717, 1.165) is 43.4 Å². The molecule has 0 amide bonds. The normalized spacial score (nSPS) is 41.6. The fourth-order valence-electron chi connectivity index (χ4n) is 7.48. The lowest BCUT2D eigenvalue weighted by Crippen LogP contribution is -2.62. The molecule has 6 aliphatic rings. The van der Waals surface area contributed by atoms with Crippen LogP contribution in [0, 0.1) is 35.0 Å². The summed E-state index contributed by atoms with van der Waals surface area (Å²) in [5.41, 5.74) is 0.826. The van der Waals surface area contributed by atoms with Crippen molar-refractivity contribution in [2.24, 2.45) is 35.0 Å². The van der Waals surface area contributed by atoms with Crippen LogP contribution in [0.2, 0.25) is 0 Å². The molecule has 34 heavy (non-hydrogen) atoms. The largest absolute Gasteiger partial charge is 0.456 e. The van der Waals surface area contributed by atoms with E-state index in [1.165, 1.54) is 5.56 Å². The van der Waals surface area contributed by atoms with Gasteiger partial charge in [-0.3, -0.25) is 9.28 Å². The highest BCUT2D eigenvalue weighted by Gasteiger charge is 2.60. The van der Waals surface area contributed by atoms with Crippen molar-refractivity contribution in [3.8, 4) is 0 Å². The predicted molar refractivity (Wildman–Crippen MR) is 135 cm³/mol. The lowest BCUT2D eigenvalue weighted by atomic mass is 9.70. The summed E-state index contributed by atoms with van der Waals surface area (Å²) in [6, 6.07) is 10.6. The van der Waals surface area contributed by atoms with Crippen molar-refractivity contribution in [2.45, 2.75) is 32.3 Å². The zero-order valence-electron chi connectivity index (χ0n) is 20.1. The second-order valence-corrected chi connectivity index (χ2v) is 11.2. The molecule has 0 spiro atoms. The first-order chi connectivity index (χ1) is 16.6. The van der Waals surface area contributed by atoms with E-state index in [1.807, 2.05) is 0 Å². The minimum Gasteiger partial charge on any atom is -0.456 e. The highest BCUT2D eigenvalue weighted by atomic mass is 16.5. The molecule has 3 heterocycles. The molecule has 3 nitrogen and oxygen atoms in total. The predicted octanol–water partition coefficient (Wildman–Crippen LogP) is 5.63. The molecule has 3 aliphatic heterocycles. The molecule has 3 heteroatoms. The first-order valence-corrected chi connectivity index (χ1v) is 13.1. The summed E-state index contributed by atoms with van der Waals surface area (Å²) >= 11 is 0. The standard InChI is InChI=1S/C31H36NO2/c1-31(27-15-7-5-13-25(27)26-14-6-8-16-28(26)31)30(33)34-29-22-32(20-17-24(29)18-21-32)19-9-12-23-10-3-2-4-11-23/h2-11,13-16,19,24-29H,12,17-18,20-22H2,1H3/q+1/b19-9+/t24?,25?,26?,27?,28?,29-,31?,32?/m0/s1. The van der Waals surface area contributed by atoms with Gasteiger partial charge in [0.1, 0.15) is 6.54 Å². The summed E-state index contributed by atoms with van der Waals surface area (Å²) in [5, 5.41) is 0. The van der Waals surface area contributed by atoms with E-state index < -0.39 is 5.41 Å². The topological polar surface area (TPSA) is 26.3 Å². The minimum atomic E-state index is -0.516. The molecule has 1 saturated carbocycles. The van der Waals surface area contributed by atoms with E-state index in [1.54, 1.807) is 0 Å². The second-order valence-electron chi connectivity index (χ2n) is 11.2. The first kappa shape index (κ1) is 21.9. The molecule has 4 unspecified atom stereocenters. The van der Waals surface area contributed by atoms with E-state index in [0.29, 0.717) is 17.8 Å². The molecule has 1 aromatic rings. The average Bonchev–Trinajstić information content (AvgIpc) is 3.15. The average molecular weight is 455 g/mol. The third-order valence-electron chi connectivity index (χ3n) is 9.46. The molecule has 5 atom stereocenters. The van der Waals surface area contributed by atoms with Crippen molar-refractivity contribution in [1.29, 1.82) is 0 Å². The van der Waals surface area contributed by atoms with Crippen LogP contribution in [0.25, 0.3) is 0 Å². The number of benzene rings is 1. The number of hydrogen-bond acceptors (Lipinski definition) is 2. The van der Waals surface area contributed by atoms with Gasteiger partial charge in [-0.2, -0.15) is 0 Å². The van der Waals surface area contributed by atoms with E-state index >= 15 is 0 Å². The van der Waals surface area contributed by atoms with E-state index in [2.05, 4.69) is 98.1 Å². The molecule has 0 N–H and O–H groups in total. The van der Waals surface area contributed by atoms with Gasteiger partial charge in [-0.1, -0.05) is 78.9 Å². The highest BCUT2D eigenvalue weighted by molar-refractivity contribution is 5.79. The zero-order chi connectivity index (χ0) is 23.2. The number of carbonyl (C=O) groups excluding carboxylic acids is 1. The third kappa shape index (κ3) is 3.56. The first-order valence-electron chi connectivity index (χ1n) is 13.1. The van der Waals surface area contributed by atoms with Crippen LogP contribution >= 0.6 is 0 Å². The Bertz CT molecular complexity index is 1040. The Morgan fingerprint density at radius 1 is 0.971 bits per heavy atom. The number of carbonyl (C=O) groups is 1. The monoisotopic (exact) mass is 454 g/mol. The summed E-state index contributed by atoms with van der Waals surface area (Å²) in [4.78, 5) is 14.0. The summed E-state index contributed by atoms with van der Waals surface area (Å²) in [6.07, 6.45) is 25.6. The third-order valence-corrected chi connectivity index (χ3v) is 9.46. The van der Waals surface area contributed by atoms with Crippen LogP contribution in [0.3, 0.4) is 0 Å². The SMILES string of the molecule is CC1(C(=O)O[C@H]2C[N+]3(/C=C/Cc4ccccc4)CCC2CC3)C2C=CC=CC2C2C=CC=CC21. The van der Waals surface area contributed by atoms with Gasteiger partial charge in [-0.15, -0.1) is 0 Å². The van der Waals surface area contributed by atoms with Crippen molar-refractivity contribution in [1.82, 2.24) is 0 Å². The number of rotatable bonds is 5. The Morgan fingerprint density at radius 3 is 2.24 bits per heavy atom. The number of quaternary nitrogens is 1. The summed E-state index contributed by atoms with van der Waals surface area (Å²) in [5.74, 6) is 1.66. The lowest BCUT2D eigenvalue weighted by Gasteiger charge is -2.50. The summed E-state index contributed by atoms with van der Waals surface area (Å²) in [6.45, 7) is 5.41. The lowest BCUT2D eigenvalue weighted by molar-refractivity contribution is -0.899. The molecule has 1 aromatic carbocycles. The van der Waals surface area contributed by atoms with Crippen LogP contribution < -0.4 is 0 Å². The van der Waals surface area contributed by atoms with E-state index in [-0.39, 0.29) is 23.9 Å². The fourth-order valence-corrected chi connectivity index (χ4v) is 7.48. The van der Waals surface area contributed by atoms with Crippen molar-refractivity contribution in [3.05, 3.63) is 96.8 Å². The maximum atomic E-state index is 14.0. The highest BCUT2D eigenvalue weighted by Crippen LogP contribution is 2.59. The van der Waals surface area contributed by atoms with Gasteiger partial charge in [0.15, 0.2) is 6.10 Å². The van der Waals surface area contributed by atoms with Crippen LogP contribution in [-0.2, 0) is 16.0 Å². The maximum absolute atomic E-state index is 14.0. The number of hydrogen-bond donors (Lipinski definition) is 0. The Labute approximate surface area is 203 Å². The van der Waals surface area contributed by atoms with Gasteiger partial charge in [0, 0.05) is 30.6 Å². The fraction of sp³-hybridized carbons (Fsp3) is 0.452. The second kappa shape index (κ2) is 8.53. The Kier molecular flexibility index (Phi) is 5.49. The van der Waals surface area contributed by atoms with Crippen LogP contribution in [0.1, 0.15) is 25.3 Å². The minimum absolute atomic E-state index is 0.0139. The number of nitrogens with zero attached hydrogens (tertiary/aromatic N) is 1. The number of ether oxygens (including phenoxy) is 1. The molecule has 176 valence electrons. The van der Waals surface area contributed by atoms with Crippen LogP contribution in [0.4, 0.5) is 0 Å². The molecule has 0 radical (unpaired) electrons. The summed E-state index contributed by atoms with van der Waals surface area (Å²) < 4.78 is 7.46. The molecule has 4 fully saturated rings. The molecule has 3 aliphatic carbocycles. The van der Waals surface area contributed by atoms with Gasteiger partial charge in [0.2, 0.25) is 0 Å². The molecular weight excluding hydrogens is 418 g/mol. The Morgan fingerprint density at radius 2 is 1.59 bits per heavy atom. The van der Waals surface area contributed by atoms with Crippen molar-refractivity contribution >= 4 is 5.97 Å². The zero-order valence-corrected chi connectivity index (χ0v) is 20.1. The van der Waals surface area contributed by atoms with E-state index in [4.69, 9.17) is 4.74 Å². The number of allylic oxidation sites excluding steroid dienone is 9. The number of esters is 1. The number of fused-ring (bicyclic) bond motifs is 6. The molecule has 2 bridgehead atoms. The van der Waals surface area contributed by atoms with Gasteiger partial charge in [-0.25, -0.2) is 0 Å². The van der Waals surface area contributed by atoms with Gasteiger partial charge in [0.05, 0.1) is 24.7 Å². The molecular formula is C31H36NO2+. The van der Waals surface area contributed by atoms with Crippen molar-refractivity contribution in [2.75, 3.05) is 19.6 Å². The van der Waals surface area contributed by atoms with Crippen molar-refractivity contribution < 1.29 is 14.0 Å². The quantitative estimate of drug-likeness (QED) is 0.426. The van der Waals surface area contributed by atoms with Gasteiger partial charge in [-0.05, 0) is 36.8 Å². The van der Waals surface area contributed by atoms with Crippen LogP contribution in [0.5, 0.6) is 0 Å². The molecule has 0 aromatic heterocycles. The number of piperidine rings is 3. The van der Waals surface area contributed by atoms with Crippen LogP contribution in [0.15, 0.2) is 91.2 Å². The van der Waals surface area contributed by atoms with E-state index in [9.17, 15) is 4.79 Å². The van der Waals surface area contributed by atoms with Gasteiger partial charge in [0.25, 0.3) is 0 Å². The Balaban J connectivity index is 1.19. The van der Waals surface area contributed by atoms with Crippen LogP contribution in [-0.4, -0.2) is 36.2 Å². The van der Waals surface area contributed by atoms with Gasteiger partial charge < -0.3 is 4.74 Å². The maximum Gasteiger partial charge on any atom is 0.313 e. The smallest absolute Gasteiger partial charge is 0.313 e. The molecule has 3 saturated heterocycles. The molecule has 7 rings (SSSR count). The Hall–Kier alpha value is -2.65. The van der Waals surface area contributed by atoms with Crippen molar-refractivity contribution in [3.63, 3.8) is 0 Å². The van der Waals surface area contributed by atoms with Gasteiger partial charge >= 0.3 is 5.97 Å². The summed E-state index contributed by atoms with van der Waals surface area (Å²) in [7, 11) is 0.